The molecular formula is C10H21NO5. The second-order valence-electron chi connectivity index (χ2n) is 4.92. The number of nitrogens with zero attached hydrogens (tertiary/aromatic N) is 1. The van der Waals surface area contributed by atoms with Crippen LogP contribution >= 0.6 is 0 Å². The van der Waals surface area contributed by atoms with Crippen LogP contribution < -0.4 is 0 Å². The minimum Gasteiger partial charge on any atom is -0.394 e. The van der Waals surface area contributed by atoms with E-state index in [9.17, 15) is 10.1 Å². The first-order valence-corrected chi connectivity index (χ1v) is 5.25. The first-order chi connectivity index (χ1) is 7.30. The van der Waals surface area contributed by atoms with Crippen LogP contribution in [0.15, 0.2) is 0 Å². The predicted molar refractivity (Wildman–Crippen MR) is 58.4 cm³/mol. The molecule has 6 heteroatoms. The zero-order valence-corrected chi connectivity index (χ0v) is 10.3. The molecule has 0 aliphatic rings. The maximum atomic E-state index is 10.3. The van der Waals surface area contributed by atoms with Gasteiger partial charge < -0.3 is 14.7 Å². The van der Waals surface area contributed by atoms with Gasteiger partial charge in [-0.3, -0.25) is 0 Å². The number of hydrogen-bond donors (Lipinski definition) is 1. The van der Waals surface area contributed by atoms with Crippen LogP contribution in [0.1, 0.15) is 33.6 Å². The highest BCUT2D eigenvalue weighted by atomic mass is 17.0. The van der Waals surface area contributed by atoms with E-state index in [1.54, 1.807) is 0 Å². The first-order valence-electron chi connectivity index (χ1n) is 5.25. The number of hydrogen-bond acceptors (Lipinski definition) is 5. The fourth-order valence-corrected chi connectivity index (χ4v) is 1.34. The van der Waals surface area contributed by atoms with Crippen molar-refractivity contribution in [3.63, 3.8) is 0 Å². The van der Waals surface area contributed by atoms with Gasteiger partial charge in [0, 0.05) is 7.11 Å². The molecule has 0 rings (SSSR count). The largest absolute Gasteiger partial charge is 0.394 e. The summed E-state index contributed by atoms with van der Waals surface area (Å²) < 4.78 is 4.95. The number of methoxy groups -OCH3 is 1. The SMILES string of the molecule is COC(CO)C(CCC(C)(C)C)O[N+](=O)[O-]. The lowest BCUT2D eigenvalue weighted by atomic mass is 9.88. The van der Waals surface area contributed by atoms with Gasteiger partial charge in [0.2, 0.25) is 0 Å². The molecule has 0 fully saturated rings. The molecule has 2 atom stereocenters. The van der Waals surface area contributed by atoms with E-state index in [1.807, 2.05) is 20.8 Å². The van der Waals surface area contributed by atoms with Crippen LogP contribution in [-0.2, 0) is 9.57 Å². The van der Waals surface area contributed by atoms with Crippen molar-refractivity contribution < 1.29 is 19.8 Å². The third-order valence-electron chi connectivity index (χ3n) is 2.30. The van der Waals surface area contributed by atoms with Crippen molar-refractivity contribution >= 4 is 0 Å². The number of aliphatic hydroxyl groups excluding tert-OH is 1. The Kier molecular flexibility index (Phi) is 6.28. The molecule has 0 saturated carbocycles. The highest BCUT2D eigenvalue weighted by molar-refractivity contribution is 4.72. The summed E-state index contributed by atoms with van der Waals surface area (Å²) in [5.74, 6) is 0. The molecule has 0 radical (unpaired) electrons. The molecule has 2 unspecified atom stereocenters. The topological polar surface area (TPSA) is 81.8 Å². The molecular weight excluding hydrogens is 214 g/mol. The van der Waals surface area contributed by atoms with Gasteiger partial charge in [-0.25, -0.2) is 0 Å². The second kappa shape index (κ2) is 6.65. The molecule has 1 N–H and O–H groups in total. The third-order valence-corrected chi connectivity index (χ3v) is 2.30. The van der Waals surface area contributed by atoms with Crippen LogP contribution in [0.3, 0.4) is 0 Å². The van der Waals surface area contributed by atoms with Gasteiger partial charge in [0.05, 0.1) is 6.61 Å². The Morgan fingerprint density at radius 1 is 1.38 bits per heavy atom. The minimum absolute atomic E-state index is 0.0615. The molecule has 0 aromatic rings. The molecule has 6 nitrogen and oxygen atoms in total. The van der Waals surface area contributed by atoms with Crippen molar-refractivity contribution in [2.75, 3.05) is 13.7 Å². The number of ether oxygens (including phenoxy) is 1. The lowest BCUT2D eigenvalue weighted by molar-refractivity contribution is -0.771. The van der Waals surface area contributed by atoms with Crippen LogP contribution in [0, 0.1) is 15.5 Å². The summed E-state index contributed by atoms with van der Waals surface area (Å²) >= 11 is 0. The van der Waals surface area contributed by atoms with E-state index >= 15 is 0 Å². The van der Waals surface area contributed by atoms with Gasteiger partial charge in [-0.1, -0.05) is 20.8 Å². The third kappa shape index (κ3) is 6.58. The van der Waals surface area contributed by atoms with Gasteiger partial charge in [-0.2, -0.15) is 0 Å². The maximum Gasteiger partial charge on any atom is 0.294 e. The lowest BCUT2D eigenvalue weighted by Gasteiger charge is -2.26. The summed E-state index contributed by atoms with van der Waals surface area (Å²) in [6.07, 6.45) is -0.147. The predicted octanol–water partition coefficient (Wildman–Crippen LogP) is 1.40. The quantitative estimate of drug-likeness (QED) is 0.532. The Morgan fingerprint density at radius 3 is 2.25 bits per heavy atom. The molecule has 0 aliphatic carbocycles. The summed E-state index contributed by atoms with van der Waals surface area (Å²) in [6.45, 7) is 5.82. The number of rotatable bonds is 7. The average Bonchev–Trinajstić information content (AvgIpc) is 2.13. The summed E-state index contributed by atoms with van der Waals surface area (Å²) in [6, 6.07) is 0. The average molecular weight is 235 g/mol. The lowest BCUT2D eigenvalue weighted by Crippen LogP contribution is -2.36. The van der Waals surface area contributed by atoms with Gasteiger partial charge in [0.15, 0.2) is 0 Å². The summed E-state index contributed by atoms with van der Waals surface area (Å²) in [5, 5.41) is 18.5. The van der Waals surface area contributed by atoms with E-state index < -0.39 is 17.3 Å². The van der Waals surface area contributed by atoms with Crippen molar-refractivity contribution in [1.82, 2.24) is 0 Å². The van der Waals surface area contributed by atoms with Gasteiger partial charge in [-0.15, -0.1) is 10.1 Å². The molecule has 0 aromatic carbocycles. The number of aliphatic hydroxyl groups is 1. The Bertz CT molecular complexity index is 210. The monoisotopic (exact) mass is 235 g/mol. The fourth-order valence-electron chi connectivity index (χ4n) is 1.34. The fraction of sp³-hybridized carbons (Fsp3) is 1.00. The van der Waals surface area contributed by atoms with E-state index in [0.29, 0.717) is 6.42 Å². The van der Waals surface area contributed by atoms with Crippen molar-refractivity contribution in [3.8, 4) is 0 Å². The molecule has 96 valence electrons. The second-order valence-corrected chi connectivity index (χ2v) is 4.92. The van der Waals surface area contributed by atoms with Crippen molar-refractivity contribution in [1.29, 1.82) is 0 Å². The molecule has 0 bridgehead atoms. The molecule has 0 aromatic heterocycles. The van der Waals surface area contributed by atoms with E-state index in [2.05, 4.69) is 4.84 Å². The van der Waals surface area contributed by atoms with E-state index in [4.69, 9.17) is 9.84 Å². The standard InChI is InChI=1S/C10H21NO5/c1-10(2,3)6-5-8(16-11(13)14)9(7-12)15-4/h8-9,12H,5-7H2,1-4H3. The van der Waals surface area contributed by atoms with Crippen LogP contribution in [0.25, 0.3) is 0 Å². The molecule has 16 heavy (non-hydrogen) atoms. The van der Waals surface area contributed by atoms with E-state index in [-0.39, 0.29) is 12.0 Å². The van der Waals surface area contributed by atoms with Crippen molar-refractivity contribution in [2.24, 2.45) is 5.41 Å². The van der Waals surface area contributed by atoms with Gasteiger partial charge in [-0.05, 0) is 18.3 Å². The Morgan fingerprint density at radius 2 is 1.94 bits per heavy atom. The normalized spacial score (nSPS) is 15.6. The Labute approximate surface area is 95.7 Å². The molecule has 0 spiro atoms. The van der Waals surface area contributed by atoms with E-state index in [0.717, 1.165) is 6.42 Å². The van der Waals surface area contributed by atoms with Crippen molar-refractivity contribution in [2.45, 2.75) is 45.8 Å². The summed E-state index contributed by atoms with van der Waals surface area (Å²) in [7, 11) is 1.40. The van der Waals surface area contributed by atoms with Gasteiger partial charge >= 0.3 is 0 Å². The maximum absolute atomic E-state index is 10.3. The van der Waals surface area contributed by atoms with E-state index in [1.165, 1.54) is 7.11 Å². The van der Waals surface area contributed by atoms with Gasteiger partial charge in [0.25, 0.3) is 5.09 Å². The molecule has 0 amide bonds. The van der Waals surface area contributed by atoms with Crippen LogP contribution in [0.5, 0.6) is 0 Å². The minimum atomic E-state index is -0.838. The molecule has 0 heterocycles. The highest BCUT2D eigenvalue weighted by Crippen LogP contribution is 2.24. The Balaban J connectivity index is 4.36. The van der Waals surface area contributed by atoms with Crippen molar-refractivity contribution in [3.05, 3.63) is 10.1 Å². The smallest absolute Gasteiger partial charge is 0.294 e. The highest BCUT2D eigenvalue weighted by Gasteiger charge is 2.26. The van der Waals surface area contributed by atoms with Crippen LogP contribution in [0.2, 0.25) is 0 Å². The van der Waals surface area contributed by atoms with Crippen LogP contribution in [0.4, 0.5) is 0 Å². The molecule has 0 aliphatic heterocycles. The molecule has 0 saturated heterocycles. The first kappa shape index (κ1) is 15.1. The summed E-state index contributed by atoms with van der Waals surface area (Å²) in [5.41, 5.74) is 0.0615. The zero-order valence-electron chi connectivity index (χ0n) is 10.3. The zero-order chi connectivity index (χ0) is 12.8. The Hall–Kier alpha value is -0.880. The summed E-state index contributed by atoms with van der Waals surface area (Å²) in [4.78, 5) is 14.8. The van der Waals surface area contributed by atoms with Crippen LogP contribution in [-0.4, -0.2) is 36.1 Å². The van der Waals surface area contributed by atoms with Gasteiger partial charge in [0.1, 0.15) is 12.2 Å².